The van der Waals surface area contributed by atoms with Gasteiger partial charge in [0.05, 0.1) is 12.7 Å². The van der Waals surface area contributed by atoms with Crippen molar-refractivity contribution in [3.8, 4) is 0 Å². The van der Waals surface area contributed by atoms with Crippen LogP contribution in [0.1, 0.15) is 51.4 Å². The van der Waals surface area contributed by atoms with E-state index in [2.05, 4.69) is 5.32 Å². The molecule has 0 unspecified atom stereocenters. The largest absolute Gasteiger partial charge is 0.376 e. The lowest BCUT2D eigenvalue weighted by Gasteiger charge is -2.21. The first-order chi connectivity index (χ1) is 8.33. The molecule has 0 atom stereocenters. The molecule has 1 aliphatic rings. The number of ether oxygens (including phenoxy) is 1. The molecule has 1 rings (SSSR count). The molecule has 0 bridgehead atoms. The van der Waals surface area contributed by atoms with E-state index in [1.165, 1.54) is 32.1 Å². The van der Waals surface area contributed by atoms with Crippen LogP contribution < -0.4 is 5.32 Å². The van der Waals surface area contributed by atoms with Crippen molar-refractivity contribution in [1.29, 1.82) is 0 Å². The van der Waals surface area contributed by atoms with Crippen LogP contribution >= 0.6 is 11.6 Å². The van der Waals surface area contributed by atoms with Crippen molar-refractivity contribution < 1.29 is 9.53 Å². The molecule has 0 radical (unpaired) electrons. The molecule has 0 heterocycles. The van der Waals surface area contributed by atoms with Gasteiger partial charge in [0.15, 0.2) is 0 Å². The second kappa shape index (κ2) is 9.72. The molecular formula is C13H24ClNO2. The highest BCUT2D eigenvalue weighted by atomic mass is 35.5. The molecule has 0 aliphatic heterocycles. The summed E-state index contributed by atoms with van der Waals surface area (Å²) in [7, 11) is 0. The van der Waals surface area contributed by atoms with Crippen molar-refractivity contribution in [3.63, 3.8) is 0 Å². The van der Waals surface area contributed by atoms with E-state index in [0.717, 1.165) is 12.8 Å². The normalized spacial score (nSPS) is 17.0. The van der Waals surface area contributed by atoms with E-state index in [9.17, 15) is 4.79 Å². The summed E-state index contributed by atoms with van der Waals surface area (Å²) in [4.78, 5) is 11.4. The lowest BCUT2D eigenvalue weighted by Crippen LogP contribution is -2.29. The number of amides is 1. The minimum Gasteiger partial charge on any atom is -0.376 e. The number of hydrogen-bond acceptors (Lipinski definition) is 2. The molecule has 1 amide bonds. The Kier molecular flexibility index (Phi) is 8.45. The third-order valence-corrected chi connectivity index (χ3v) is 3.38. The van der Waals surface area contributed by atoms with Crippen molar-refractivity contribution in [2.24, 2.45) is 0 Å². The summed E-state index contributed by atoms with van der Waals surface area (Å²) >= 11 is 5.55. The van der Waals surface area contributed by atoms with E-state index in [4.69, 9.17) is 16.3 Å². The van der Waals surface area contributed by atoms with E-state index in [0.29, 0.717) is 31.6 Å². The third kappa shape index (κ3) is 7.61. The maximum atomic E-state index is 11.4. The molecule has 3 nitrogen and oxygen atoms in total. The Bertz CT molecular complexity index is 206. The van der Waals surface area contributed by atoms with E-state index >= 15 is 0 Å². The SMILES string of the molecule is O=C(CCCCCl)NCCOC1CCCCC1. The molecule has 1 fully saturated rings. The standard InChI is InChI=1S/C13H24ClNO2/c14-9-5-4-8-13(16)15-10-11-17-12-6-2-1-3-7-12/h12H,1-11H2,(H,15,16). The smallest absolute Gasteiger partial charge is 0.220 e. The average molecular weight is 262 g/mol. The second-order valence-corrected chi connectivity index (χ2v) is 5.00. The highest BCUT2D eigenvalue weighted by Crippen LogP contribution is 2.19. The summed E-state index contributed by atoms with van der Waals surface area (Å²) in [5, 5.41) is 2.87. The van der Waals surface area contributed by atoms with E-state index in [1.807, 2.05) is 0 Å². The predicted molar refractivity (Wildman–Crippen MR) is 70.4 cm³/mol. The first-order valence-corrected chi connectivity index (χ1v) is 7.30. The molecular weight excluding hydrogens is 238 g/mol. The summed E-state index contributed by atoms with van der Waals surface area (Å²) in [6.07, 6.45) is 9.08. The molecule has 1 saturated carbocycles. The Morgan fingerprint density at radius 1 is 1.24 bits per heavy atom. The Morgan fingerprint density at radius 2 is 2.00 bits per heavy atom. The minimum atomic E-state index is 0.113. The number of hydrogen-bond donors (Lipinski definition) is 1. The lowest BCUT2D eigenvalue weighted by molar-refractivity contribution is -0.121. The van der Waals surface area contributed by atoms with Gasteiger partial charge in [-0.2, -0.15) is 0 Å². The summed E-state index contributed by atoms with van der Waals surface area (Å²) in [5.74, 6) is 0.750. The van der Waals surface area contributed by atoms with Gasteiger partial charge in [0.1, 0.15) is 0 Å². The number of carbonyl (C=O) groups excluding carboxylic acids is 1. The van der Waals surface area contributed by atoms with E-state index in [-0.39, 0.29) is 5.91 Å². The van der Waals surface area contributed by atoms with Gasteiger partial charge < -0.3 is 10.1 Å². The number of carbonyl (C=O) groups is 1. The van der Waals surface area contributed by atoms with Crippen LogP contribution in [0.2, 0.25) is 0 Å². The molecule has 1 aliphatic carbocycles. The molecule has 0 spiro atoms. The van der Waals surface area contributed by atoms with E-state index < -0.39 is 0 Å². The molecule has 1 N–H and O–H groups in total. The van der Waals surface area contributed by atoms with Crippen LogP contribution in [-0.2, 0) is 9.53 Å². The molecule has 0 saturated heterocycles. The molecule has 17 heavy (non-hydrogen) atoms. The predicted octanol–water partition coefficient (Wildman–Crippen LogP) is 2.86. The highest BCUT2D eigenvalue weighted by molar-refractivity contribution is 6.17. The highest BCUT2D eigenvalue weighted by Gasteiger charge is 2.13. The van der Waals surface area contributed by atoms with Crippen LogP contribution in [0, 0.1) is 0 Å². The molecule has 4 heteroatoms. The zero-order chi connectivity index (χ0) is 12.3. The number of unbranched alkanes of at least 4 members (excludes halogenated alkanes) is 1. The Hall–Kier alpha value is -0.280. The Balaban J connectivity index is 1.90. The van der Waals surface area contributed by atoms with Crippen molar-refractivity contribution in [3.05, 3.63) is 0 Å². The van der Waals surface area contributed by atoms with Gasteiger partial charge in [-0.15, -0.1) is 11.6 Å². The maximum Gasteiger partial charge on any atom is 0.220 e. The fraction of sp³-hybridized carbons (Fsp3) is 0.923. The number of nitrogens with one attached hydrogen (secondary N) is 1. The summed E-state index contributed by atoms with van der Waals surface area (Å²) in [5.41, 5.74) is 0. The number of rotatable bonds is 8. The molecule has 0 aromatic carbocycles. The Morgan fingerprint density at radius 3 is 2.71 bits per heavy atom. The van der Waals surface area contributed by atoms with Gasteiger partial charge in [0, 0.05) is 18.8 Å². The Labute approximate surface area is 109 Å². The maximum absolute atomic E-state index is 11.4. The zero-order valence-electron chi connectivity index (χ0n) is 10.5. The van der Waals surface area contributed by atoms with Gasteiger partial charge in [-0.05, 0) is 25.7 Å². The topological polar surface area (TPSA) is 38.3 Å². The average Bonchev–Trinajstić information content (AvgIpc) is 2.36. The molecule has 0 aromatic heterocycles. The third-order valence-electron chi connectivity index (χ3n) is 3.12. The van der Waals surface area contributed by atoms with Crippen LogP contribution in [0.15, 0.2) is 0 Å². The summed E-state index contributed by atoms with van der Waals surface area (Å²) in [6, 6.07) is 0. The van der Waals surface area contributed by atoms with Crippen LogP contribution in [0.25, 0.3) is 0 Å². The second-order valence-electron chi connectivity index (χ2n) is 4.63. The van der Waals surface area contributed by atoms with Crippen LogP contribution in [0.3, 0.4) is 0 Å². The van der Waals surface area contributed by atoms with Gasteiger partial charge in [-0.1, -0.05) is 19.3 Å². The van der Waals surface area contributed by atoms with Crippen LogP contribution in [-0.4, -0.2) is 31.0 Å². The van der Waals surface area contributed by atoms with Crippen molar-refractivity contribution >= 4 is 17.5 Å². The van der Waals surface area contributed by atoms with Gasteiger partial charge in [-0.25, -0.2) is 0 Å². The van der Waals surface area contributed by atoms with Crippen LogP contribution in [0.4, 0.5) is 0 Å². The van der Waals surface area contributed by atoms with Crippen molar-refractivity contribution in [2.75, 3.05) is 19.0 Å². The van der Waals surface area contributed by atoms with Gasteiger partial charge in [0.25, 0.3) is 0 Å². The summed E-state index contributed by atoms with van der Waals surface area (Å²) in [6.45, 7) is 1.28. The fourth-order valence-corrected chi connectivity index (χ4v) is 2.31. The fourth-order valence-electron chi connectivity index (χ4n) is 2.12. The summed E-state index contributed by atoms with van der Waals surface area (Å²) < 4.78 is 5.72. The lowest BCUT2D eigenvalue weighted by atomic mass is 9.98. The van der Waals surface area contributed by atoms with Crippen LogP contribution in [0.5, 0.6) is 0 Å². The van der Waals surface area contributed by atoms with Gasteiger partial charge >= 0.3 is 0 Å². The van der Waals surface area contributed by atoms with Crippen molar-refractivity contribution in [1.82, 2.24) is 5.32 Å². The number of alkyl halides is 1. The molecule has 0 aromatic rings. The zero-order valence-corrected chi connectivity index (χ0v) is 11.3. The van der Waals surface area contributed by atoms with E-state index in [1.54, 1.807) is 0 Å². The number of halogens is 1. The van der Waals surface area contributed by atoms with Crippen molar-refractivity contribution in [2.45, 2.75) is 57.5 Å². The monoisotopic (exact) mass is 261 g/mol. The first-order valence-electron chi connectivity index (χ1n) is 6.77. The molecule has 100 valence electrons. The van der Waals surface area contributed by atoms with Gasteiger partial charge in [0.2, 0.25) is 5.91 Å². The first kappa shape index (κ1) is 14.8. The minimum absolute atomic E-state index is 0.113. The van der Waals surface area contributed by atoms with Gasteiger partial charge in [-0.3, -0.25) is 4.79 Å². The quantitative estimate of drug-likeness (QED) is 0.539.